The number of pyridine rings is 3. The zero-order valence-electron chi connectivity index (χ0n) is 15.7. The minimum absolute atomic E-state index is 0.00647. The third kappa shape index (κ3) is 3.18. The van der Waals surface area contributed by atoms with Crippen LogP contribution < -0.4 is 5.56 Å². The molecule has 0 aromatic carbocycles. The second kappa shape index (κ2) is 6.84. The molecular formula is C22H20N4O3. The molecule has 0 radical (unpaired) electrons. The first-order valence-electron chi connectivity index (χ1n) is 9.67. The van der Waals surface area contributed by atoms with Gasteiger partial charge in [0.05, 0.1) is 11.8 Å². The van der Waals surface area contributed by atoms with E-state index in [0.29, 0.717) is 25.2 Å². The highest BCUT2D eigenvalue weighted by Crippen LogP contribution is 2.37. The average molecular weight is 388 g/mol. The summed E-state index contributed by atoms with van der Waals surface area (Å²) in [6, 6.07) is 8.97. The number of likely N-dealkylation sites (tertiary alicyclic amines) is 1. The van der Waals surface area contributed by atoms with Crippen LogP contribution in [0.4, 0.5) is 0 Å². The average Bonchev–Trinajstić information content (AvgIpc) is 2.74. The van der Waals surface area contributed by atoms with Crippen molar-refractivity contribution >= 4 is 5.91 Å². The van der Waals surface area contributed by atoms with Crippen LogP contribution in [0.3, 0.4) is 0 Å². The minimum Gasteiger partial charge on any atom is -0.506 e. The van der Waals surface area contributed by atoms with Gasteiger partial charge in [-0.2, -0.15) is 0 Å². The highest BCUT2D eigenvalue weighted by molar-refractivity contribution is 5.94. The highest BCUT2D eigenvalue weighted by atomic mass is 16.3. The van der Waals surface area contributed by atoms with Crippen LogP contribution >= 0.6 is 0 Å². The molecule has 0 spiro atoms. The summed E-state index contributed by atoms with van der Waals surface area (Å²) in [5.74, 6) is 0.173. The summed E-state index contributed by atoms with van der Waals surface area (Å²) >= 11 is 0. The molecule has 0 aliphatic carbocycles. The molecular weight excluding hydrogens is 368 g/mol. The maximum Gasteiger partial charge on any atom is 0.255 e. The summed E-state index contributed by atoms with van der Waals surface area (Å²) in [4.78, 5) is 35.6. The Morgan fingerprint density at radius 2 is 1.93 bits per heavy atom. The van der Waals surface area contributed by atoms with Crippen LogP contribution in [0.1, 0.15) is 28.4 Å². The maximum atomic E-state index is 12.9. The molecule has 3 aromatic rings. The Hall–Kier alpha value is -3.48. The van der Waals surface area contributed by atoms with E-state index in [-0.39, 0.29) is 29.1 Å². The predicted octanol–water partition coefficient (Wildman–Crippen LogP) is 2.27. The Kier molecular flexibility index (Phi) is 4.16. The lowest BCUT2D eigenvalue weighted by molar-refractivity contribution is 0.0594. The van der Waals surface area contributed by atoms with Crippen molar-refractivity contribution in [3.8, 4) is 16.9 Å². The molecule has 29 heavy (non-hydrogen) atoms. The smallest absolute Gasteiger partial charge is 0.255 e. The number of hydrogen-bond donors (Lipinski definition) is 1. The highest BCUT2D eigenvalue weighted by Gasteiger charge is 2.37. The van der Waals surface area contributed by atoms with E-state index >= 15 is 0 Å². The van der Waals surface area contributed by atoms with Gasteiger partial charge < -0.3 is 14.6 Å². The number of hydrogen-bond acceptors (Lipinski definition) is 5. The van der Waals surface area contributed by atoms with Crippen LogP contribution in [-0.2, 0) is 6.54 Å². The number of piperidine rings is 1. The second-order valence-corrected chi connectivity index (χ2v) is 7.80. The summed E-state index contributed by atoms with van der Waals surface area (Å²) in [5.41, 5.74) is 3.11. The van der Waals surface area contributed by atoms with Crippen LogP contribution in [-0.4, -0.2) is 43.5 Å². The zero-order chi connectivity index (χ0) is 20.0. The molecule has 1 N–H and O–H groups in total. The Morgan fingerprint density at radius 3 is 2.72 bits per heavy atom. The van der Waals surface area contributed by atoms with Crippen molar-refractivity contribution in [1.29, 1.82) is 0 Å². The van der Waals surface area contributed by atoms with Crippen molar-refractivity contribution in [3.05, 3.63) is 76.7 Å². The van der Waals surface area contributed by atoms with E-state index in [1.165, 1.54) is 18.5 Å². The molecule has 7 nitrogen and oxygen atoms in total. The summed E-state index contributed by atoms with van der Waals surface area (Å²) in [7, 11) is 0. The van der Waals surface area contributed by atoms with Gasteiger partial charge in [0.15, 0.2) is 0 Å². The van der Waals surface area contributed by atoms with Gasteiger partial charge in [0.1, 0.15) is 5.75 Å². The monoisotopic (exact) mass is 388 g/mol. The Bertz CT molecular complexity index is 1140. The molecule has 1 amide bonds. The molecule has 1 saturated heterocycles. The Labute approximate surface area is 167 Å². The first-order chi connectivity index (χ1) is 14.1. The van der Waals surface area contributed by atoms with Gasteiger partial charge in [-0.25, -0.2) is 0 Å². The molecule has 0 unspecified atom stereocenters. The normalized spacial score (nSPS) is 20.2. The summed E-state index contributed by atoms with van der Waals surface area (Å²) in [5, 5.41) is 9.64. The van der Waals surface area contributed by atoms with E-state index in [2.05, 4.69) is 16.0 Å². The number of carbonyl (C=O) groups excluding carboxylic acids is 1. The number of rotatable bonds is 2. The van der Waals surface area contributed by atoms with Crippen molar-refractivity contribution in [2.24, 2.45) is 5.92 Å². The third-order valence-corrected chi connectivity index (χ3v) is 5.81. The van der Waals surface area contributed by atoms with E-state index < -0.39 is 0 Å². The van der Waals surface area contributed by atoms with E-state index in [4.69, 9.17) is 0 Å². The fourth-order valence-electron chi connectivity index (χ4n) is 4.55. The summed E-state index contributed by atoms with van der Waals surface area (Å²) in [6.07, 6.45) is 7.21. The van der Waals surface area contributed by atoms with Crippen LogP contribution in [0.15, 0.2) is 59.9 Å². The van der Waals surface area contributed by atoms with E-state index in [1.807, 2.05) is 21.6 Å². The molecule has 3 aromatic heterocycles. The molecule has 2 atom stereocenters. The fourth-order valence-corrected chi connectivity index (χ4v) is 4.55. The standard InChI is InChI=1S/C22H20N4O3/c27-19-5-17(9-24-10-19)22(29)25-11-14-4-18(13-25)20-6-16(7-21(28)26(20)12-14)15-2-1-3-23-8-15/h1-3,5-10,14,18,27H,4,11-13H2/t14-,18+/m0/s1. The lowest BCUT2D eigenvalue weighted by Gasteiger charge is -2.43. The van der Waals surface area contributed by atoms with Crippen LogP contribution in [0.2, 0.25) is 0 Å². The van der Waals surface area contributed by atoms with E-state index in [1.54, 1.807) is 18.5 Å². The molecule has 5 rings (SSSR count). The van der Waals surface area contributed by atoms with Crippen molar-refractivity contribution in [3.63, 3.8) is 0 Å². The van der Waals surface area contributed by atoms with E-state index in [0.717, 1.165) is 23.2 Å². The number of carbonyl (C=O) groups is 1. The van der Waals surface area contributed by atoms with Crippen LogP contribution in [0.25, 0.3) is 11.1 Å². The first kappa shape index (κ1) is 17.6. The van der Waals surface area contributed by atoms with Crippen molar-refractivity contribution < 1.29 is 9.90 Å². The molecule has 146 valence electrons. The van der Waals surface area contributed by atoms with Gasteiger partial charge in [0.2, 0.25) is 0 Å². The van der Waals surface area contributed by atoms with Gasteiger partial charge in [-0.3, -0.25) is 19.6 Å². The molecule has 7 heteroatoms. The Morgan fingerprint density at radius 1 is 1.03 bits per heavy atom. The van der Waals surface area contributed by atoms with Gasteiger partial charge in [0, 0.05) is 61.5 Å². The fraction of sp³-hybridized carbons (Fsp3) is 0.273. The van der Waals surface area contributed by atoms with Crippen LogP contribution in [0, 0.1) is 5.92 Å². The quantitative estimate of drug-likeness (QED) is 0.728. The number of aromatic hydroxyl groups is 1. The maximum absolute atomic E-state index is 12.9. The lowest BCUT2D eigenvalue weighted by atomic mass is 9.82. The largest absolute Gasteiger partial charge is 0.506 e. The SMILES string of the molecule is O=C(c1cncc(O)c1)N1C[C@@H]2C[C@H](C1)c1cc(-c3cccnc3)cc(=O)n1C2. The van der Waals surface area contributed by atoms with Gasteiger partial charge in [-0.15, -0.1) is 0 Å². The van der Waals surface area contributed by atoms with E-state index in [9.17, 15) is 14.7 Å². The first-order valence-corrected chi connectivity index (χ1v) is 9.67. The van der Waals surface area contributed by atoms with Crippen molar-refractivity contribution in [2.75, 3.05) is 13.1 Å². The van der Waals surface area contributed by atoms with Crippen LogP contribution in [0.5, 0.6) is 5.75 Å². The molecule has 2 bridgehead atoms. The molecule has 2 aliphatic heterocycles. The number of nitrogens with zero attached hydrogens (tertiary/aromatic N) is 4. The molecule has 2 aliphatic rings. The molecule has 5 heterocycles. The minimum atomic E-state index is -0.137. The summed E-state index contributed by atoms with van der Waals surface area (Å²) < 4.78 is 1.86. The number of amides is 1. The predicted molar refractivity (Wildman–Crippen MR) is 107 cm³/mol. The van der Waals surface area contributed by atoms with Crippen molar-refractivity contribution in [1.82, 2.24) is 19.4 Å². The zero-order valence-corrected chi connectivity index (χ0v) is 15.7. The van der Waals surface area contributed by atoms with Gasteiger partial charge in [0.25, 0.3) is 11.5 Å². The number of aromatic nitrogens is 3. The third-order valence-electron chi connectivity index (χ3n) is 5.81. The molecule has 1 fully saturated rings. The topological polar surface area (TPSA) is 88.3 Å². The lowest BCUT2D eigenvalue weighted by Crippen LogP contribution is -2.49. The number of fused-ring (bicyclic) bond motifs is 4. The summed E-state index contributed by atoms with van der Waals surface area (Å²) in [6.45, 7) is 1.75. The molecule has 0 saturated carbocycles. The second-order valence-electron chi connectivity index (χ2n) is 7.80. The van der Waals surface area contributed by atoms with Crippen molar-refractivity contribution in [2.45, 2.75) is 18.9 Å². The van der Waals surface area contributed by atoms with Gasteiger partial charge in [-0.1, -0.05) is 6.07 Å². The van der Waals surface area contributed by atoms with Gasteiger partial charge in [-0.05, 0) is 36.1 Å². The Balaban J connectivity index is 1.49. The van der Waals surface area contributed by atoms with Gasteiger partial charge >= 0.3 is 0 Å².